The highest BCUT2D eigenvalue weighted by atomic mass is 32.2. The van der Waals surface area contributed by atoms with Crippen LogP contribution in [0.3, 0.4) is 0 Å². The molecule has 4 heteroatoms. The molecule has 0 aliphatic carbocycles. The van der Waals surface area contributed by atoms with Crippen molar-refractivity contribution in [1.29, 1.82) is 0 Å². The lowest BCUT2D eigenvalue weighted by Gasteiger charge is -2.10. The molecule has 0 bridgehead atoms. The van der Waals surface area contributed by atoms with Crippen LogP contribution in [-0.2, 0) is 17.3 Å². The van der Waals surface area contributed by atoms with Crippen molar-refractivity contribution in [2.45, 2.75) is 32.1 Å². The van der Waals surface area contributed by atoms with E-state index in [4.69, 9.17) is 0 Å². The van der Waals surface area contributed by atoms with E-state index < -0.39 is 10.8 Å². The Kier molecular flexibility index (Phi) is 5.63. The molecular weight excluding hydrogens is 220 g/mol. The van der Waals surface area contributed by atoms with Gasteiger partial charge in [0, 0.05) is 41.2 Å². The molecule has 0 fully saturated rings. The summed E-state index contributed by atoms with van der Waals surface area (Å²) in [6, 6.07) is 2.01. The standard InChI is InChI=1S/C12H20N2OS/c1-10-4-6-13-8-12(10)9-14-7-5-11(2)16(3)15/h4,6,8,11,14H,5,7,9H2,1-3H3. The Labute approximate surface area is 100 Å². The van der Waals surface area contributed by atoms with Crippen LogP contribution in [0.15, 0.2) is 18.5 Å². The Bertz CT molecular complexity index is 355. The Morgan fingerprint density at radius 3 is 2.94 bits per heavy atom. The van der Waals surface area contributed by atoms with Crippen molar-refractivity contribution in [2.75, 3.05) is 12.8 Å². The monoisotopic (exact) mass is 240 g/mol. The summed E-state index contributed by atoms with van der Waals surface area (Å²) in [6.45, 7) is 5.84. The zero-order valence-corrected chi connectivity index (χ0v) is 11.0. The van der Waals surface area contributed by atoms with Crippen molar-refractivity contribution in [3.05, 3.63) is 29.6 Å². The molecule has 0 aromatic carbocycles. The lowest BCUT2D eigenvalue weighted by molar-refractivity contribution is 0.627. The maximum Gasteiger partial charge on any atom is 0.0329 e. The highest BCUT2D eigenvalue weighted by molar-refractivity contribution is 7.84. The summed E-state index contributed by atoms with van der Waals surface area (Å²) >= 11 is 0. The van der Waals surface area contributed by atoms with Crippen molar-refractivity contribution < 1.29 is 4.21 Å². The normalized spacial score (nSPS) is 14.7. The predicted octanol–water partition coefficient (Wildman–Crippen LogP) is 1.64. The minimum absolute atomic E-state index is 0.266. The van der Waals surface area contributed by atoms with Gasteiger partial charge in [0.25, 0.3) is 0 Å². The summed E-state index contributed by atoms with van der Waals surface area (Å²) in [7, 11) is -0.715. The molecule has 1 rings (SSSR count). The number of pyridine rings is 1. The molecule has 0 aliphatic heterocycles. The van der Waals surface area contributed by atoms with E-state index in [0.29, 0.717) is 0 Å². The fourth-order valence-corrected chi connectivity index (χ4v) is 1.83. The van der Waals surface area contributed by atoms with E-state index in [-0.39, 0.29) is 5.25 Å². The van der Waals surface area contributed by atoms with Gasteiger partial charge in [-0.15, -0.1) is 0 Å². The van der Waals surface area contributed by atoms with E-state index >= 15 is 0 Å². The number of nitrogens with one attached hydrogen (secondary N) is 1. The second kappa shape index (κ2) is 6.76. The first-order chi connectivity index (χ1) is 7.61. The van der Waals surface area contributed by atoms with Gasteiger partial charge in [-0.3, -0.25) is 9.19 Å². The molecule has 16 heavy (non-hydrogen) atoms. The molecule has 0 radical (unpaired) electrons. The smallest absolute Gasteiger partial charge is 0.0329 e. The fourth-order valence-electron chi connectivity index (χ4n) is 1.38. The van der Waals surface area contributed by atoms with E-state index in [1.165, 1.54) is 11.1 Å². The van der Waals surface area contributed by atoms with Gasteiger partial charge >= 0.3 is 0 Å². The van der Waals surface area contributed by atoms with Gasteiger partial charge in [-0.05, 0) is 37.1 Å². The molecule has 0 saturated heterocycles. The van der Waals surface area contributed by atoms with Gasteiger partial charge in [0.15, 0.2) is 0 Å². The molecule has 1 N–H and O–H groups in total. The molecular formula is C12H20N2OS. The molecule has 1 heterocycles. The topological polar surface area (TPSA) is 42.0 Å². The van der Waals surface area contributed by atoms with Crippen LogP contribution in [-0.4, -0.2) is 27.2 Å². The Hall–Kier alpha value is -0.740. The molecule has 0 saturated carbocycles. The van der Waals surface area contributed by atoms with Crippen molar-refractivity contribution in [3.8, 4) is 0 Å². The molecule has 0 aliphatic rings. The lowest BCUT2D eigenvalue weighted by Crippen LogP contribution is -2.21. The van der Waals surface area contributed by atoms with Gasteiger partial charge in [0.2, 0.25) is 0 Å². The molecule has 90 valence electrons. The SMILES string of the molecule is Cc1ccncc1CNCCC(C)S(C)=O. The first kappa shape index (κ1) is 13.3. The number of rotatable bonds is 6. The van der Waals surface area contributed by atoms with E-state index in [1.807, 2.05) is 19.2 Å². The third kappa shape index (κ3) is 4.41. The van der Waals surface area contributed by atoms with Gasteiger partial charge in [-0.25, -0.2) is 0 Å². The van der Waals surface area contributed by atoms with Gasteiger partial charge in [-0.2, -0.15) is 0 Å². The van der Waals surface area contributed by atoms with Crippen LogP contribution in [0.25, 0.3) is 0 Å². The molecule has 2 unspecified atom stereocenters. The maximum atomic E-state index is 11.1. The second-order valence-electron chi connectivity index (χ2n) is 4.08. The van der Waals surface area contributed by atoms with Crippen LogP contribution < -0.4 is 5.32 Å². The van der Waals surface area contributed by atoms with Crippen LogP contribution in [0.4, 0.5) is 0 Å². The zero-order chi connectivity index (χ0) is 12.0. The van der Waals surface area contributed by atoms with Gasteiger partial charge in [0.05, 0.1) is 0 Å². The molecule has 3 nitrogen and oxygen atoms in total. The average molecular weight is 240 g/mol. The summed E-state index contributed by atoms with van der Waals surface area (Å²) in [5.41, 5.74) is 2.49. The Morgan fingerprint density at radius 1 is 1.56 bits per heavy atom. The second-order valence-corrected chi connectivity index (χ2v) is 5.88. The number of aryl methyl sites for hydroxylation is 1. The lowest BCUT2D eigenvalue weighted by atomic mass is 10.1. The van der Waals surface area contributed by atoms with Crippen LogP contribution >= 0.6 is 0 Å². The molecule has 0 spiro atoms. The summed E-state index contributed by atoms with van der Waals surface area (Å²) in [5.74, 6) is 0. The minimum atomic E-state index is -0.715. The van der Waals surface area contributed by atoms with Crippen LogP contribution in [0.5, 0.6) is 0 Å². The first-order valence-corrected chi connectivity index (χ1v) is 7.16. The van der Waals surface area contributed by atoms with E-state index in [2.05, 4.69) is 17.2 Å². The highest BCUT2D eigenvalue weighted by Crippen LogP contribution is 2.04. The number of aromatic nitrogens is 1. The molecule has 0 amide bonds. The van der Waals surface area contributed by atoms with Crippen molar-refractivity contribution in [3.63, 3.8) is 0 Å². The van der Waals surface area contributed by atoms with Crippen molar-refractivity contribution in [2.24, 2.45) is 0 Å². The summed E-state index contributed by atoms with van der Waals surface area (Å²) in [5, 5.41) is 3.62. The number of nitrogens with zero attached hydrogens (tertiary/aromatic N) is 1. The van der Waals surface area contributed by atoms with Crippen LogP contribution in [0.1, 0.15) is 24.5 Å². The third-order valence-electron chi connectivity index (χ3n) is 2.76. The molecule has 2 atom stereocenters. The largest absolute Gasteiger partial charge is 0.313 e. The Balaban J connectivity index is 2.26. The van der Waals surface area contributed by atoms with Gasteiger partial charge in [0.1, 0.15) is 0 Å². The number of hydrogen-bond donors (Lipinski definition) is 1. The number of hydrogen-bond acceptors (Lipinski definition) is 3. The van der Waals surface area contributed by atoms with Gasteiger partial charge in [-0.1, -0.05) is 6.92 Å². The average Bonchev–Trinajstić information content (AvgIpc) is 2.26. The molecule has 1 aromatic rings. The maximum absolute atomic E-state index is 11.1. The molecule has 1 aromatic heterocycles. The first-order valence-electron chi connectivity index (χ1n) is 5.53. The van der Waals surface area contributed by atoms with Crippen molar-refractivity contribution >= 4 is 10.8 Å². The summed E-state index contributed by atoms with van der Waals surface area (Å²) in [6.07, 6.45) is 6.41. The fraction of sp³-hybridized carbons (Fsp3) is 0.583. The van der Waals surface area contributed by atoms with E-state index in [0.717, 1.165) is 19.5 Å². The quantitative estimate of drug-likeness (QED) is 0.769. The highest BCUT2D eigenvalue weighted by Gasteiger charge is 2.05. The minimum Gasteiger partial charge on any atom is -0.313 e. The summed E-state index contributed by atoms with van der Waals surface area (Å²) in [4.78, 5) is 4.10. The van der Waals surface area contributed by atoms with Crippen LogP contribution in [0, 0.1) is 6.92 Å². The Morgan fingerprint density at radius 2 is 2.31 bits per heavy atom. The van der Waals surface area contributed by atoms with Gasteiger partial charge < -0.3 is 5.32 Å². The predicted molar refractivity (Wildman–Crippen MR) is 68.8 cm³/mol. The van der Waals surface area contributed by atoms with Crippen LogP contribution in [0.2, 0.25) is 0 Å². The summed E-state index contributed by atoms with van der Waals surface area (Å²) < 4.78 is 11.1. The zero-order valence-electron chi connectivity index (χ0n) is 10.2. The van der Waals surface area contributed by atoms with E-state index in [9.17, 15) is 4.21 Å². The van der Waals surface area contributed by atoms with Crippen molar-refractivity contribution in [1.82, 2.24) is 10.3 Å². The van der Waals surface area contributed by atoms with E-state index in [1.54, 1.807) is 12.5 Å². The third-order valence-corrected chi connectivity index (χ3v) is 4.13.